The number of nitrogens with one attached hydrogen (secondary N) is 1. The quantitative estimate of drug-likeness (QED) is 0.672. The number of ether oxygens (including phenoxy) is 3. The minimum atomic E-state index is 0.00162. The first-order valence-corrected chi connectivity index (χ1v) is 8.40. The van der Waals surface area contributed by atoms with E-state index in [1.165, 1.54) is 5.56 Å². The van der Waals surface area contributed by atoms with E-state index < -0.39 is 0 Å². The van der Waals surface area contributed by atoms with Gasteiger partial charge in [0.2, 0.25) is 5.91 Å². The van der Waals surface area contributed by atoms with Gasteiger partial charge in [-0.25, -0.2) is 0 Å². The summed E-state index contributed by atoms with van der Waals surface area (Å²) >= 11 is 0. The first kappa shape index (κ1) is 18.6. The topological polar surface area (TPSA) is 56.8 Å². The van der Waals surface area contributed by atoms with Crippen molar-refractivity contribution in [1.82, 2.24) is 5.32 Å². The molecule has 0 aliphatic rings. The van der Waals surface area contributed by atoms with Crippen LogP contribution in [0.5, 0.6) is 17.2 Å². The molecule has 2 aromatic rings. The largest absolute Gasteiger partial charge is 0.497 e. The van der Waals surface area contributed by atoms with E-state index in [1.807, 2.05) is 55.5 Å². The molecule has 0 saturated heterocycles. The van der Waals surface area contributed by atoms with E-state index in [0.29, 0.717) is 32.6 Å². The Morgan fingerprint density at radius 1 is 0.960 bits per heavy atom. The Bertz CT molecular complexity index is 655. The Morgan fingerprint density at radius 2 is 1.68 bits per heavy atom. The molecular weight excluding hydrogens is 318 g/mol. The second-order valence-corrected chi connectivity index (χ2v) is 5.64. The summed E-state index contributed by atoms with van der Waals surface area (Å²) < 4.78 is 16.3. The van der Waals surface area contributed by atoms with Gasteiger partial charge >= 0.3 is 0 Å². The molecule has 5 heteroatoms. The Kier molecular flexibility index (Phi) is 7.63. The second kappa shape index (κ2) is 10.2. The lowest BCUT2D eigenvalue weighted by Crippen LogP contribution is -2.28. The highest BCUT2D eigenvalue weighted by atomic mass is 16.5. The molecule has 2 rings (SSSR count). The van der Waals surface area contributed by atoms with Gasteiger partial charge in [0.25, 0.3) is 0 Å². The van der Waals surface area contributed by atoms with Crippen LogP contribution in [0.1, 0.15) is 18.4 Å². The van der Waals surface area contributed by atoms with E-state index in [4.69, 9.17) is 14.2 Å². The minimum Gasteiger partial charge on any atom is -0.497 e. The summed E-state index contributed by atoms with van der Waals surface area (Å²) in [5.41, 5.74) is 1.20. The summed E-state index contributed by atoms with van der Waals surface area (Å²) in [5, 5.41) is 2.84. The summed E-state index contributed by atoms with van der Waals surface area (Å²) in [6.07, 6.45) is 1.11. The monoisotopic (exact) mass is 343 g/mol. The molecule has 5 nitrogen and oxygen atoms in total. The number of aryl methyl sites for hydroxylation is 1. The van der Waals surface area contributed by atoms with Crippen molar-refractivity contribution in [2.75, 3.05) is 26.9 Å². The SMILES string of the molecule is COc1cccc(OCCNC(=O)CCCOc2ccc(C)cc2)c1. The standard InChI is InChI=1S/C20H25NO4/c1-16-8-10-17(11-9-16)24-13-4-7-20(22)21-12-14-25-19-6-3-5-18(15-19)23-2/h3,5-6,8-11,15H,4,7,12-14H2,1-2H3,(H,21,22). The Hall–Kier alpha value is -2.69. The maximum absolute atomic E-state index is 11.8. The number of hydrogen-bond acceptors (Lipinski definition) is 4. The van der Waals surface area contributed by atoms with Crippen LogP contribution < -0.4 is 19.5 Å². The Morgan fingerprint density at radius 3 is 2.44 bits per heavy atom. The highest BCUT2D eigenvalue weighted by molar-refractivity contribution is 5.75. The first-order valence-electron chi connectivity index (χ1n) is 8.40. The molecule has 2 aromatic carbocycles. The summed E-state index contributed by atoms with van der Waals surface area (Å²) in [6.45, 7) is 3.44. The van der Waals surface area contributed by atoms with Crippen molar-refractivity contribution >= 4 is 5.91 Å². The van der Waals surface area contributed by atoms with Crippen molar-refractivity contribution in [3.63, 3.8) is 0 Å². The molecule has 0 spiro atoms. The van der Waals surface area contributed by atoms with Crippen LogP contribution in [0, 0.1) is 6.92 Å². The number of benzene rings is 2. The fourth-order valence-electron chi connectivity index (χ4n) is 2.20. The van der Waals surface area contributed by atoms with Crippen LogP contribution in [0.4, 0.5) is 0 Å². The van der Waals surface area contributed by atoms with Gasteiger partial charge in [0.05, 0.1) is 20.3 Å². The van der Waals surface area contributed by atoms with Gasteiger partial charge in [0, 0.05) is 12.5 Å². The van der Waals surface area contributed by atoms with Gasteiger partial charge in [-0.15, -0.1) is 0 Å². The lowest BCUT2D eigenvalue weighted by Gasteiger charge is -2.09. The van der Waals surface area contributed by atoms with Crippen LogP contribution >= 0.6 is 0 Å². The summed E-state index contributed by atoms with van der Waals surface area (Å²) in [4.78, 5) is 11.8. The van der Waals surface area contributed by atoms with Crippen molar-refractivity contribution in [3.8, 4) is 17.2 Å². The van der Waals surface area contributed by atoms with Gasteiger partial charge in [-0.05, 0) is 37.6 Å². The molecule has 0 aromatic heterocycles. The number of methoxy groups -OCH3 is 1. The van der Waals surface area contributed by atoms with Crippen LogP contribution in [-0.4, -0.2) is 32.8 Å². The maximum atomic E-state index is 11.8. The molecule has 0 bridgehead atoms. The third-order valence-electron chi connectivity index (χ3n) is 3.57. The van der Waals surface area contributed by atoms with Gasteiger partial charge in [-0.3, -0.25) is 4.79 Å². The van der Waals surface area contributed by atoms with Crippen molar-refractivity contribution in [2.24, 2.45) is 0 Å². The zero-order chi connectivity index (χ0) is 17.9. The van der Waals surface area contributed by atoms with Crippen LogP contribution in [0.3, 0.4) is 0 Å². The van der Waals surface area contributed by atoms with Crippen molar-refractivity contribution < 1.29 is 19.0 Å². The average molecular weight is 343 g/mol. The zero-order valence-electron chi connectivity index (χ0n) is 14.8. The van der Waals surface area contributed by atoms with Gasteiger partial charge < -0.3 is 19.5 Å². The molecule has 0 radical (unpaired) electrons. The second-order valence-electron chi connectivity index (χ2n) is 5.64. The van der Waals surface area contributed by atoms with Crippen LogP contribution in [-0.2, 0) is 4.79 Å². The molecule has 1 N–H and O–H groups in total. The highest BCUT2D eigenvalue weighted by Gasteiger charge is 2.02. The number of carbonyl (C=O) groups is 1. The third kappa shape index (κ3) is 7.16. The zero-order valence-corrected chi connectivity index (χ0v) is 14.8. The lowest BCUT2D eigenvalue weighted by atomic mass is 10.2. The van der Waals surface area contributed by atoms with Gasteiger partial charge in [0.1, 0.15) is 23.9 Å². The molecule has 134 valence electrons. The van der Waals surface area contributed by atoms with E-state index in [0.717, 1.165) is 17.2 Å². The van der Waals surface area contributed by atoms with E-state index in [2.05, 4.69) is 5.32 Å². The Balaban J connectivity index is 1.54. The molecule has 1 amide bonds. The van der Waals surface area contributed by atoms with E-state index >= 15 is 0 Å². The van der Waals surface area contributed by atoms with Crippen LogP contribution in [0.25, 0.3) is 0 Å². The van der Waals surface area contributed by atoms with Gasteiger partial charge in [0.15, 0.2) is 0 Å². The smallest absolute Gasteiger partial charge is 0.220 e. The third-order valence-corrected chi connectivity index (χ3v) is 3.57. The van der Waals surface area contributed by atoms with E-state index in [-0.39, 0.29) is 5.91 Å². The number of hydrogen-bond donors (Lipinski definition) is 1. The molecule has 25 heavy (non-hydrogen) atoms. The maximum Gasteiger partial charge on any atom is 0.220 e. The first-order chi connectivity index (χ1) is 12.2. The van der Waals surface area contributed by atoms with Crippen molar-refractivity contribution in [2.45, 2.75) is 19.8 Å². The van der Waals surface area contributed by atoms with Gasteiger partial charge in [-0.2, -0.15) is 0 Å². The number of carbonyl (C=O) groups excluding carboxylic acids is 1. The van der Waals surface area contributed by atoms with E-state index in [1.54, 1.807) is 7.11 Å². The predicted molar refractivity (Wildman–Crippen MR) is 97.4 cm³/mol. The van der Waals surface area contributed by atoms with Crippen molar-refractivity contribution in [1.29, 1.82) is 0 Å². The highest BCUT2D eigenvalue weighted by Crippen LogP contribution is 2.18. The fourth-order valence-corrected chi connectivity index (χ4v) is 2.20. The van der Waals surface area contributed by atoms with Gasteiger partial charge in [-0.1, -0.05) is 23.8 Å². The van der Waals surface area contributed by atoms with Crippen LogP contribution in [0.15, 0.2) is 48.5 Å². The predicted octanol–water partition coefficient (Wildman–Crippen LogP) is 3.36. The van der Waals surface area contributed by atoms with Crippen LogP contribution in [0.2, 0.25) is 0 Å². The molecular formula is C20H25NO4. The lowest BCUT2D eigenvalue weighted by molar-refractivity contribution is -0.121. The Labute approximate surface area is 148 Å². The number of amides is 1. The molecule has 0 heterocycles. The molecule has 0 atom stereocenters. The minimum absolute atomic E-state index is 0.00162. The molecule has 0 aliphatic carbocycles. The normalized spacial score (nSPS) is 10.2. The summed E-state index contributed by atoms with van der Waals surface area (Å²) in [5.74, 6) is 2.30. The van der Waals surface area contributed by atoms with E-state index in [9.17, 15) is 4.79 Å². The summed E-state index contributed by atoms with van der Waals surface area (Å²) in [7, 11) is 1.61. The van der Waals surface area contributed by atoms with Crippen molar-refractivity contribution in [3.05, 3.63) is 54.1 Å². The molecule has 0 fully saturated rings. The molecule has 0 unspecified atom stereocenters. The summed E-state index contributed by atoms with van der Waals surface area (Å²) in [6, 6.07) is 15.3. The fraction of sp³-hybridized carbons (Fsp3) is 0.350. The molecule has 0 saturated carbocycles. The molecule has 0 aliphatic heterocycles. The average Bonchev–Trinajstić information content (AvgIpc) is 2.64. The number of rotatable bonds is 10.